The van der Waals surface area contributed by atoms with Gasteiger partial charge in [-0.3, -0.25) is 0 Å². The minimum Gasteiger partial charge on any atom is -0.393 e. The van der Waals surface area contributed by atoms with E-state index < -0.39 is 0 Å². The Balaban J connectivity index is 2.31. The Morgan fingerprint density at radius 1 is 1.22 bits per heavy atom. The van der Waals surface area contributed by atoms with Crippen LogP contribution < -0.4 is 0 Å². The summed E-state index contributed by atoms with van der Waals surface area (Å²) in [6.07, 6.45) is 6.92. The summed E-state index contributed by atoms with van der Waals surface area (Å²) in [6, 6.07) is 4.96. The zero-order valence-corrected chi connectivity index (χ0v) is 12.5. The number of halogens is 2. The largest absolute Gasteiger partial charge is 0.393 e. The van der Waals surface area contributed by atoms with Crippen molar-refractivity contribution in [3.8, 4) is 0 Å². The first-order chi connectivity index (χ1) is 8.65. The van der Waals surface area contributed by atoms with Gasteiger partial charge in [0, 0.05) is 0 Å². The molecule has 0 fully saturated rings. The highest BCUT2D eigenvalue weighted by Gasteiger charge is 2.10. The van der Waals surface area contributed by atoms with E-state index in [4.69, 9.17) is 0 Å². The lowest BCUT2D eigenvalue weighted by Crippen LogP contribution is -2.11. The summed E-state index contributed by atoms with van der Waals surface area (Å²) >= 11 is 3.22. The van der Waals surface area contributed by atoms with Crippen LogP contribution in [0.3, 0.4) is 0 Å². The molecule has 1 unspecified atom stereocenters. The third-order valence-corrected chi connectivity index (χ3v) is 4.02. The van der Waals surface area contributed by atoms with Crippen LogP contribution in [0.15, 0.2) is 22.7 Å². The Hall–Kier alpha value is -0.410. The predicted molar refractivity (Wildman–Crippen MR) is 77.2 cm³/mol. The lowest BCUT2D eigenvalue weighted by atomic mass is 10.0. The number of unbranched alkanes of at least 4 members (excludes halogenated alkanes) is 4. The quantitative estimate of drug-likeness (QED) is 0.679. The number of hydrogen-bond donors (Lipinski definition) is 1. The van der Waals surface area contributed by atoms with Crippen LogP contribution in [0.1, 0.15) is 51.0 Å². The molecule has 3 heteroatoms. The maximum Gasteiger partial charge on any atom is 0.137 e. The van der Waals surface area contributed by atoms with Crippen molar-refractivity contribution in [3.05, 3.63) is 34.1 Å². The zero-order chi connectivity index (χ0) is 13.4. The molecular weight excluding hydrogens is 295 g/mol. The molecule has 0 amide bonds. The third-order valence-electron chi connectivity index (χ3n) is 3.13. The van der Waals surface area contributed by atoms with Crippen molar-refractivity contribution < 1.29 is 9.50 Å². The van der Waals surface area contributed by atoms with E-state index in [1.165, 1.54) is 31.7 Å². The number of aliphatic hydroxyl groups excluding tert-OH is 1. The summed E-state index contributed by atoms with van der Waals surface area (Å²) in [5.74, 6) is -0.261. The van der Waals surface area contributed by atoms with Gasteiger partial charge in [-0.1, -0.05) is 51.2 Å². The van der Waals surface area contributed by atoms with Gasteiger partial charge in [-0.25, -0.2) is 4.39 Å². The van der Waals surface area contributed by atoms with Gasteiger partial charge in [-0.15, -0.1) is 0 Å². The smallest absolute Gasteiger partial charge is 0.137 e. The van der Waals surface area contributed by atoms with Crippen LogP contribution in [-0.2, 0) is 6.42 Å². The zero-order valence-electron chi connectivity index (χ0n) is 11.0. The first-order valence-corrected chi connectivity index (χ1v) is 7.55. The van der Waals surface area contributed by atoms with E-state index in [0.29, 0.717) is 10.9 Å². The Labute approximate surface area is 118 Å². The fourth-order valence-electron chi connectivity index (χ4n) is 2.05. The second kappa shape index (κ2) is 8.65. The average molecular weight is 317 g/mol. The van der Waals surface area contributed by atoms with E-state index in [1.54, 1.807) is 6.07 Å². The monoisotopic (exact) mass is 316 g/mol. The molecule has 0 aliphatic carbocycles. The summed E-state index contributed by atoms with van der Waals surface area (Å²) in [7, 11) is 0. The summed E-state index contributed by atoms with van der Waals surface area (Å²) in [6.45, 7) is 2.19. The standard InChI is InChI=1S/C15H22BrFO/c1-2-3-4-5-6-9-13(18)11-12-8-7-10-14(17)15(12)16/h7-8,10,13,18H,2-6,9,11H2,1H3. The molecule has 102 valence electrons. The van der Waals surface area contributed by atoms with Crippen LogP contribution in [0, 0.1) is 5.82 Å². The Bertz CT molecular complexity index is 354. The van der Waals surface area contributed by atoms with Crippen LogP contribution in [0.25, 0.3) is 0 Å². The Kier molecular flexibility index (Phi) is 7.52. The molecule has 0 heterocycles. The fraction of sp³-hybridized carbons (Fsp3) is 0.600. The van der Waals surface area contributed by atoms with E-state index in [1.807, 2.05) is 6.07 Å². The predicted octanol–water partition coefficient (Wildman–Crippen LogP) is 4.85. The maximum absolute atomic E-state index is 13.3. The highest BCUT2D eigenvalue weighted by atomic mass is 79.9. The van der Waals surface area contributed by atoms with Crippen molar-refractivity contribution in [2.24, 2.45) is 0 Å². The Morgan fingerprint density at radius 2 is 1.94 bits per heavy atom. The molecule has 0 aromatic heterocycles. The second-order valence-electron chi connectivity index (χ2n) is 4.77. The molecule has 0 saturated carbocycles. The van der Waals surface area contributed by atoms with Gasteiger partial charge in [0.25, 0.3) is 0 Å². The molecule has 1 rings (SSSR count). The average Bonchev–Trinajstić information content (AvgIpc) is 2.35. The van der Waals surface area contributed by atoms with Crippen LogP contribution in [0.2, 0.25) is 0 Å². The van der Waals surface area contributed by atoms with Crippen molar-refractivity contribution in [1.29, 1.82) is 0 Å². The summed E-state index contributed by atoms with van der Waals surface area (Å²) in [4.78, 5) is 0. The van der Waals surface area contributed by atoms with Crippen molar-refractivity contribution >= 4 is 15.9 Å². The minimum absolute atomic E-state index is 0.261. The summed E-state index contributed by atoms with van der Waals surface area (Å²) < 4.78 is 13.8. The van der Waals surface area contributed by atoms with Crippen LogP contribution in [-0.4, -0.2) is 11.2 Å². The molecule has 0 saturated heterocycles. The molecule has 0 bridgehead atoms. The number of hydrogen-bond acceptors (Lipinski definition) is 1. The van der Waals surface area contributed by atoms with Crippen LogP contribution in [0.5, 0.6) is 0 Å². The van der Waals surface area contributed by atoms with E-state index in [2.05, 4.69) is 22.9 Å². The van der Waals surface area contributed by atoms with Crippen molar-refractivity contribution in [1.82, 2.24) is 0 Å². The van der Waals surface area contributed by atoms with Crippen molar-refractivity contribution in [2.45, 2.75) is 58.0 Å². The minimum atomic E-state index is -0.371. The normalized spacial score (nSPS) is 12.7. The lowest BCUT2D eigenvalue weighted by molar-refractivity contribution is 0.160. The molecule has 0 spiro atoms. The molecule has 1 aromatic rings. The van der Waals surface area contributed by atoms with Gasteiger partial charge in [0.15, 0.2) is 0 Å². The summed E-state index contributed by atoms with van der Waals surface area (Å²) in [5.41, 5.74) is 0.844. The van der Waals surface area contributed by atoms with Gasteiger partial charge < -0.3 is 5.11 Å². The Morgan fingerprint density at radius 3 is 2.67 bits per heavy atom. The van der Waals surface area contributed by atoms with Gasteiger partial charge in [-0.2, -0.15) is 0 Å². The van der Waals surface area contributed by atoms with Gasteiger partial charge >= 0.3 is 0 Å². The van der Waals surface area contributed by atoms with E-state index in [-0.39, 0.29) is 11.9 Å². The topological polar surface area (TPSA) is 20.2 Å². The van der Waals surface area contributed by atoms with E-state index >= 15 is 0 Å². The third kappa shape index (κ3) is 5.49. The first kappa shape index (κ1) is 15.6. The summed E-state index contributed by atoms with van der Waals surface area (Å²) in [5, 5.41) is 9.93. The lowest BCUT2D eigenvalue weighted by Gasteiger charge is -2.12. The first-order valence-electron chi connectivity index (χ1n) is 6.76. The molecule has 1 aromatic carbocycles. The van der Waals surface area contributed by atoms with Gasteiger partial charge in [0.05, 0.1) is 10.6 Å². The van der Waals surface area contributed by atoms with E-state index in [9.17, 15) is 9.50 Å². The fourth-order valence-corrected chi connectivity index (χ4v) is 2.47. The van der Waals surface area contributed by atoms with Gasteiger partial charge in [0.1, 0.15) is 5.82 Å². The molecular formula is C15H22BrFO. The highest BCUT2D eigenvalue weighted by molar-refractivity contribution is 9.10. The number of benzene rings is 1. The number of rotatable bonds is 8. The van der Waals surface area contributed by atoms with Crippen LogP contribution >= 0.6 is 15.9 Å². The number of aliphatic hydroxyl groups is 1. The molecule has 0 aliphatic rings. The van der Waals surface area contributed by atoms with Crippen molar-refractivity contribution in [3.63, 3.8) is 0 Å². The van der Waals surface area contributed by atoms with Crippen molar-refractivity contribution in [2.75, 3.05) is 0 Å². The van der Waals surface area contributed by atoms with Gasteiger partial charge in [-0.05, 0) is 40.4 Å². The van der Waals surface area contributed by atoms with E-state index in [0.717, 1.165) is 18.4 Å². The maximum atomic E-state index is 13.3. The highest BCUT2D eigenvalue weighted by Crippen LogP contribution is 2.22. The van der Waals surface area contributed by atoms with Crippen LogP contribution in [0.4, 0.5) is 4.39 Å². The molecule has 18 heavy (non-hydrogen) atoms. The molecule has 1 atom stereocenters. The molecule has 1 N–H and O–H groups in total. The molecule has 0 aliphatic heterocycles. The molecule has 0 radical (unpaired) electrons. The SMILES string of the molecule is CCCCCCCC(O)Cc1cccc(F)c1Br. The van der Waals surface area contributed by atoms with Gasteiger partial charge in [0.2, 0.25) is 0 Å². The second-order valence-corrected chi connectivity index (χ2v) is 5.57. The molecule has 1 nitrogen and oxygen atoms in total.